The lowest BCUT2D eigenvalue weighted by atomic mass is 10.1. The summed E-state index contributed by atoms with van der Waals surface area (Å²) >= 11 is 0. The van der Waals surface area contributed by atoms with Gasteiger partial charge in [0.2, 0.25) is 0 Å². The molecule has 7 heteroatoms. The highest BCUT2D eigenvalue weighted by Crippen LogP contribution is 2.19. The van der Waals surface area contributed by atoms with Crippen LogP contribution in [0.5, 0.6) is 5.75 Å². The van der Waals surface area contributed by atoms with Crippen molar-refractivity contribution >= 4 is 10.2 Å². The molecule has 0 saturated heterocycles. The number of rotatable bonds is 6. The van der Waals surface area contributed by atoms with E-state index in [0.29, 0.717) is 17.7 Å². The van der Waals surface area contributed by atoms with Crippen molar-refractivity contribution in [2.75, 3.05) is 27.7 Å². The van der Waals surface area contributed by atoms with Crippen LogP contribution >= 0.6 is 0 Å². The van der Waals surface area contributed by atoms with Gasteiger partial charge in [-0.05, 0) is 30.2 Å². The zero-order chi connectivity index (χ0) is 13.8. The quantitative estimate of drug-likeness (QED) is 0.835. The second-order valence-electron chi connectivity index (χ2n) is 3.89. The molecule has 1 aromatic rings. The molecule has 0 spiro atoms. The Kier molecular flexibility index (Phi) is 5.06. The van der Waals surface area contributed by atoms with Gasteiger partial charge in [-0.3, -0.25) is 0 Å². The fourth-order valence-corrected chi connectivity index (χ4v) is 2.00. The zero-order valence-electron chi connectivity index (χ0n) is 10.6. The number of hydrogen-bond donors (Lipinski definition) is 1. The Balaban J connectivity index is 2.67. The maximum absolute atomic E-state index is 13.1. The summed E-state index contributed by atoms with van der Waals surface area (Å²) in [5.41, 5.74) is 0.624. The van der Waals surface area contributed by atoms with Crippen LogP contribution in [-0.4, -0.2) is 40.5 Å². The summed E-state index contributed by atoms with van der Waals surface area (Å²) in [6, 6.07) is 4.15. The summed E-state index contributed by atoms with van der Waals surface area (Å²) < 4.78 is 44.5. The lowest BCUT2D eigenvalue weighted by Gasteiger charge is -2.13. The summed E-state index contributed by atoms with van der Waals surface area (Å²) in [6.45, 7) is 0.181. The number of nitrogens with one attached hydrogen (secondary N) is 1. The average Bonchev–Trinajstić information content (AvgIpc) is 2.29. The van der Waals surface area contributed by atoms with Gasteiger partial charge in [0.25, 0.3) is 10.2 Å². The molecule has 0 unspecified atom stereocenters. The predicted molar refractivity (Wildman–Crippen MR) is 67.3 cm³/mol. The number of nitrogens with zero attached hydrogens (tertiary/aromatic N) is 1. The maximum Gasteiger partial charge on any atom is 0.278 e. The molecule has 1 rings (SSSR count). The minimum absolute atomic E-state index is 0.181. The van der Waals surface area contributed by atoms with Crippen molar-refractivity contribution in [1.82, 2.24) is 9.03 Å². The molecule has 0 amide bonds. The first-order valence-corrected chi connectivity index (χ1v) is 6.80. The molecule has 0 aliphatic rings. The van der Waals surface area contributed by atoms with Crippen LogP contribution in [-0.2, 0) is 16.6 Å². The molecule has 0 heterocycles. The number of benzene rings is 1. The minimum Gasteiger partial charge on any atom is -0.496 e. The molecule has 18 heavy (non-hydrogen) atoms. The minimum atomic E-state index is -3.45. The van der Waals surface area contributed by atoms with E-state index in [1.165, 1.54) is 39.4 Å². The van der Waals surface area contributed by atoms with Gasteiger partial charge in [0.1, 0.15) is 11.6 Å². The molecule has 0 bridgehead atoms. The second kappa shape index (κ2) is 6.12. The Bertz CT molecular complexity index is 503. The summed E-state index contributed by atoms with van der Waals surface area (Å²) in [5.74, 6) is 0.168. The van der Waals surface area contributed by atoms with Crippen molar-refractivity contribution in [1.29, 1.82) is 0 Å². The van der Waals surface area contributed by atoms with E-state index in [-0.39, 0.29) is 12.4 Å². The van der Waals surface area contributed by atoms with Gasteiger partial charge in [-0.15, -0.1) is 0 Å². The standard InChI is InChI=1S/C11H17FN2O3S/c1-14(2)18(15,16)13-7-6-9-8-10(12)4-5-11(9)17-3/h4-5,8,13H,6-7H2,1-3H3. The van der Waals surface area contributed by atoms with Crippen LogP contribution in [0.1, 0.15) is 5.56 Å². The van der Waals surface area contributed by atoms with Crippen LogP contribution in [0, 0.1) is 5.82 Å². The molecule has 0 aliphatic carbocycles. The number of methoxy groups -OCH3 is 1. The summed E-state index contributed by atoms with van der Waals surface area (Å²) in [7, 11) is 0.909. The lowest BCUT2D eigenvalue weighted by molar-refractivity contribution is 0.408. The Morgan fingerprint density at radius 3 is 2.61 bits per heavy atom. The van der Waals surface area contributed by atoms with E-state index < -0.39 is 10.2 Å². The first-order chi connectivity index (χ1) is 8.36. The van der Waals surface area contributed by atoms with Gasteiger partial charge in [-0.1, -0.05) is 0 Å². The van der Waals surface area contributed by atoms with Gasteiger partial charge in [0.05, 0.1) is 7.11 Å². The number of hydrogen-bond acceptors (Lipinski definition) is 3. The number of halogens is 1. The maximum atomic E-state index is 13.1. The lowest BCUT2D eigenvalue weighted by Crippen LogP contribution is -2.36. The van der Waals surface area contributed by atoms with E-state index in [0.717, 1.165) is 4.31 Å². The van der Waals surface area contributed by atoms with Crippen LogP contribution in [0.2, 0.25) is 0 Å². The molecule has 102 valence electrons. The van der Waals surface area contributed by atoms with Crippen LogP contribution in [0.15, 0.2) is 18.2 Å². The van der Waals surface area contributed by atoms with Gasteiger partial charge in [-0.2, -0.15) is 12.7 Å². The van der Waals surface area contributed by atoms with E-state index in [1.807, 2.05) is 0 Å². The Hall–Kier alpha value is -1.18. The fraction of sp³-hybridized carbons (Fsp3) is 0.455. The van der Waals surface area contributed by atoms with Crippen LogP contribution in [0.25, 0.3) is 0 Å². The first kappa shape index (κ1) is 14.9. The van der Waals surface area contributed by atoms with Crippen LogP contribution in [0.4, 0.5) is 4.39 Å². The molecule has 0 radical (unpaired) electrons. The van der Waals surface area contributed by atoms with E-state index in [2.05, 4.69) is 4.72 Å². The normalized spacial score (nSPS) is 11.8. The van der Waals surface area contributed by atoms with Crippen molar-refractivity contribution in [3.05, 3.63) is 29.6 Å². The highest BCUT2D eigenvalue weighted by Gasteiger charge is 2.12. The third-order valence-electron chi connectivity index (χ3n) is 2.40. The Labute approximate surface area is 107 Å². The van der Waals surface area contributed by atoms with E-state index in [9.17, 15) is 12.8 Å². The molecule has 5 nitrogen and oxygen atoms in total. The molecular weight excluding hydrogens is 259 g/mol. The second-order valence-corrected chi connectivity index (χ2v) is 5.86. The van der Waals surface area contributed by atoms with Gasteiger partial charge in [0.15, 0.2) is 0 Å². The number of ether oxygens (including phenoxy) is 1. The molecular formula is C11H17FN2O3S. The van der Waals surface area contributed by atoms with Crippen LogP contribution < -0.4 is 9.46 Å². The molecule has 1 N–H and O–H groups in total. The predicted octanol–water partition coefficient (Wildman–Crippen LogP) is 0.773. The SMILES string of the molecule is COc1ccc(F)cc1CCNS(=O)(=O)N(C)C. The third kappa shape index (κ3) is 3.94. The van der Waals surface area contributed by atoms with Crippen molar-refractivity contribution in [2.45, 2.75) is 6.42 Å². The molecule has 1 aromatic carbocycles. The third-order valence-corrected chi connectivity index (χ3v) is 3.93. The fourth-order valence-electron chi connectivity index (χ4n) is 1.39. The van der Waals surface area contributed by atoms with Gasteiger partial charge < -0.3 is 4.74 Å². The smallest absolute Gasteiger partial charge is 0.278 e. The van der Waals surface area contributed by atoms with Gasteiger partial charge in [-0.25, -0.2) is 9.11 Å². The first-order valence-electron chi connectivity index (χ1n) is 5.36. The van der Waals surface area contributed by atoms with Crippen molar-refractivity contribution in [2.24, 2.45) is 0 Å². The van der Waals surface area contributed by atoms with Crippen molar-refractivity contribution < 1.29 is 17.5 Å². The van der Waals surface area contributed by atoms with Crippen LogP contribution in [0.3, 0.4) is 0 Å². The molecule has 0 aromatic heterocycles. The summed E-state index contributed by atoms with van der Waals surface area (Å²) in [5, 5.41) is 0. The van der Waals surface area contributed by atoms with E-state index in [4.69, 9.17) is 4.74 Å². The average molecular weight is 276 g/mol. The molecule has 0 aliphatic heterocycles. The zero-order valence-corrected chi connectivity index (χ0v) is 11.4. The molecule has 0 fully saturated rings. The van der Waals surface area contributed by atoms with E-state index in [1.54, 1.807) is 0 Å². The summed E-state index contributed by atoms with van der Waals surface area (Å²) in [6.07, 6.45) is 0.355. The summed E-state index contributed by atoms with van der Waals surface area (Å²) in [4.78, 5) is 0. The van der Waals surface area contributed by atoms with Gasteiger partial charge >= 0.3 is 0 Å². The monoisotopic (exact) mass is 276 g/mol. The van der Waals surface area contributed by atoms with E-state index >= 15 is 0 Å². The van der Waals surface area contributed by atoms with Gasteiger partial charge in [0, 0.05) is 20.6 Å². The highest BCUT2D eigenvalue weighted by molar-refractivity contribution is 7.87. The Morgan fingerprint density at radius 2 is 2.06 bits per heavy atom. The highest BCUT2D eigenvalue weighted by atomic mass is 32.2. The van der Waals surface area contributed by atoms with Crippen molar-refractivity contribution in [3.8, 4) is 5.75 Å². The largest absolute Gasteiger partial charge is 0.496 e. The molecule has 0 atom stereocenters. The molecule has 0 saturated carbocycles. The van der Waals surface area contributed by atoms with Crippen molar-refractivity contribution in [3.63, 3.8) is 0 Å². The topological polar surface area (TPSA) is 58.6 Å². The Morgan fingerprint density at radius 1 is 1.39 bits per heavy atom.